The molecule has 0 radical (unpaired) electrons. The Morgan fingerprint density at radius 3 is 2.62 bits per heavy atom. The van der Waals surface area contributed by atoms with Gasteiger partial charge in [0.1, 0.15) is 0 Å². The smallest absolute Gasteiger partial charge is 0.234 e. The second-order valence-corrected chi connectivity index (χ2v) is 8.29. The van der Waals surface area contributed by atoms with E-state index in [2.05, 4.69) is 51.9 Å². The second kappa shape index (κ2) is 9.69. The van der Waals surface area contributed by atoms with Crippen LogP contribution >= 0.6 is 11.8 Å². The van der Waals surface area contributed by atoms with Crippen LogP contribution in [0.2, 0.25) is 0 Å². The number of anilines is 1. The molecular weight excluding hydrogens is 382 g/mol. The van der Waals surface area contributed by atoms with E-state index in [1.165, 1.54) is 11.8 Å². The van der Waals surface area contributed by atoms with Crippen molar-refractivity contribution in [2.75, 3.05) is 11.1 Å². The average Bonchev–Trinajstić information content (AvgIpc) is 3.10. The van der Waals surface area contributed by atoms with Crippen LogP contribution in [0.4, 0.5) is 5.69 Å². The van der Waals surface area contributed by atoms with Crippen LogP contribution in [0.15, 0.2) is 47.9 Å². The van der Waals surface area contributed by atoms with Crippen molar-refractivity contribution in [3.63, 3.8) is 0 Å². The molecule has 6 nitrogen and oxygen atoms in total. The minimum atomic E-state index is -0.0384. The number of carbonyl (C=O) groups excluding carboxylic acids is 1. The van der Waals surface area contributed by atoms with Crippen LogP contribution in [0.1, 0.15) is 31.9 Å². The molecule has 29 heavy (non-hydrogen) atoms. The average molecular weight is 410 g/mol. The lowest BCUT2D eigenvalue weighted by atomic mass is 10.1. The third kappa shape index (κ3) is 5.23. The molecule has 0 aliphatic carbocycles. The zero-order valence-corrected chi connectivity index (χ0v) is 18.2. The lowest BCUT2D eigenvalue weighted by Gasteiger charge is -2.14. The highest BCUT2D eigenvalue weighted by molar-refractivity contribution is 7.99. The molecule has 1 aromatic carbocycles. The Morgan fingerprint density at radius 1 is 1.17 bits per heavy atom. The summed E-state index contributed by atoms with van der Waals surface area (Å²) in [5.74, 6) is 1.47. The molecule has 1 amide bonds. The van der Waals surface area contributed by atoms with Gasteiger partial charge in [0.2, 0.25) is 5.91 Å². The van der Waals surface area contributed by atoms with Gasteiger partial charge in [-0.3, -0.25) is 9.78 Å². The minimum absolute atomic E-state index is 0.0384. The van der Waals surface area contributed by atoms with Gasteiger partial charge in [-0.05, 0) is 42.5 Å². The lowest BCUT2D eigenvalue weighted by molar-refractivity contribution is -0.113. The van der Waals surface area contributed by atoms with Crippen molar-refractivity contribution in [2.24, 2.45) is 5.92 Å². The van der Waals surface area contributed by atoms with Crippen LogP contribution in [-0.4, -0.2) is 31.4 Å². The number of thioether (sulfide) groups is 1. The van der Waals surface area contributed by atoms with Gasteiger partial charge in [-0.1, -0.05) is 50.7 Å². The van der Waals surface area contributed by atoms with Crippen LogP contribution in [0.3, 0.4) is 0 Å². The standard InChI is InChI=1S/C22H27N5OS/c1-5-17-8-6-7-16(4)20(17)24-19(28)14-29-22-26-25-21(27(22)13-15(2)3)18-9-11-23-12-10-18/h6-12,15H,5,13-14H2,1-4H3,(H,24,28). The fraction of sp³-hybridized carbons (Fsp3) is 0.364. The molecule has 0 atom stereocenters. The Bertz CT molecular complexity index is 969. The Hall–Kier alpha value is -2.67. The molecule has 7 heteroatoms. The number of pyridine rings is 1. The first kappa shape index (κ1) is 21.0. The van der Waals surface area contributed by atoms with Gasteiger partial charge < -0.3 is 9.88 Å². The maximum absolute atomic E-state index is 12.6. The molecule has 2 aromatic heterocycles. The van der Waals surface area contributed by atoms with Crippen molar-refractivity contribution in [2.45, 2.75) is 45.8 Å². The SMILES string of the molecule is CCc1cccc(C)c1NC(=O)CSc1nnc(-c2ccncc2)n1CC(C)C. The molecule has 0 saturated heterocycles. The van der Waals surface area contributed by atoms with Gasteiger partial charge in [-0.15, -0.1) is 10.2 Å². The number of nitrogens with zero attached hydrogens (tertiary/aromatic N) is 4. The van der Waals surface area contributed by atoms with Crippen LogP contribution in [0, 0.1) is 12.8 Å². The van der Waals surface area contributed by atoms with Crippen molar-refractivity contribution in [3.05, 3.63) is 53.9 Å². The van der Waals surface area contributed by atoms with E-state index < -0.39 is 0 Å². The molecule has 0 fully saturated rings. The molecule has 0 spiro atoms. The Kier molecular flexibility index (Phi) is 7.04. The molecule has 152 valence electrons. The molecule has 0 aliphatic rings. The van der Waals surface area contributed by atoms with Gasteiger partial charge in [-0.25, -0.2) is 0 Å². The van der Waals surface area contributed by atoms with Crippen LogP contribution < -0.4 is 5.32 Å². The molecule has 1 N–H and O–H groups in total. The number of para-hydroxylation sites is 1. The quantitative estimate of drug-likeness (QED) is 0.551. The third-order valence-electron chi connectivity index (χ3n) is 4.54. The Morgan fingerprint density at radius 2 is 1.93 bits per heavy atom. The first-order valence-electron chi connectivity index (χ1n) is 9.84. The number of rotatable bonds is 8. The molecule has 0 bridgehead atoms. The number of carbonyl (C=O) groups is 1. The number of amides is 1. The van der Waals surface area contributed by atoms with E-state index in [9.17, 15) is 4.79 Å². The summed E-state index contributed by atoms with van der Waals surface area (Å²) in [6.45, 7) is 9.20. The van der Waals surface area contributed by atoms with E-state index in [0.717, 1.165) is 46.3 Å². The minimum Gasteiger partial charge on any atom is -0.325 e. The third-order valence-corrected chi connectivity index (χ3v) is 5.51. The van der Waals surface area contributed by atoms with Crippen molar-refractivity contribution < 1.29 is 4.79 Å². The lowest BCUT2D eigenvalue weighted by Crippen LogP contribution is -2.17. The summed E-state index contributed by atoms with van der Waals surface area (Å²) in [5, 5.41) is 12.6. The number of hydrogen-bond acceptors (Lipinski definition) is 5. The summed E-state index contributed by atoms with van der Waals surface area (Å²) in [4.78, 5) is 16.7. The van der Waals surface area contributed by atoms with Gasteiger partial charge in [0.15, 0.2) is 11.0 Å². The summed E-state index contributed by atoms with van der Waals surface area (Å²) in [6.07, 6.45) is 4.37. The summed E-state index contributed by atoms with van der Waals surface area (Å²) in [7, 11) is 0. The van der Waals surface area contributed by atoms with Gasteiger partial charge in [-0.2, -0.15) is 0 Å². The van der Waals surface area contributed by atoms with Gasteiger partial charge in [0.25, 0.3) is 0 Å². The van der Waals surface area contributed by atoms with Crippen molar-refractivity contribution >= 4 is 23.4 Å². The Labute approximate surface area is 176 Å². The number of hydrogen-bond donors (Lipinski definition) is 1. The molecule has 0 unspecified atom stereocenters. The molecule has 0 saturated carbocycles. The first-order chi connectivity index (χ1) is 14.0. The highest BCUT2D eigenvalue weighted by atomic mass is 32.2. The van der Waals surface area contributed by atoms with Crippen LogP contribution in [0.25, 0.3) is 11.4 Å². The molecule has 2 heterocycles. The van der Waals surface area contributed by atoms with E-state index in [-0.39, 0.29) is 11.7 Å². The van der Waals surface area contributed by atoms with Gasteiger partial charge in [0.05, 0.1) is 5.75 Å². The number of aryl methyl sites for hydroxylation is 2. The first-order valence-corrected chi connectivity index (χ1v) is 10.8. The second-order valence-electron chi connectivity index (χ2n) is 7.35. The van der Waals surface area contributed by atoms with Gasteiger partial charge >= 0.3 is 0 Å². The fourth-order valence-corrected chi connectivity index (χ4v) is 3.90. The summed E-state index contributed by atoms with van der Waals surface area (Å²) >= 11 is 1.41. The van der Waals surface area contributed by atoms with Crippen molar-refractivity contribution in [1.29, 1.82) is 0 Å². The molecule has 0 aliphatic heterocycles. The van der Waals surface area contributed by atoms with Crippen molar-refractivity contribution in [1.82, 2.24) is 19.7 Å². The zero-order chi connectivity index (χ0) is 20.8. The number of aromatic nitrogens is 4. The van der Waals surface area contributed by atoms with Crippen LogP contribution in [0.5, 0.6) is 0 Å². The summed E-state index contributed by atoms with van der Waals surface area (Å²) in [6, 6.07) is 9.94. The predicted octanol–water partition coefficient (Wildman–Crippen LogP) is 4.60. The number of nitrogens with one attached hydrogen (secondary N) is 1. The van der Waals surface area contributed by atoms with Crippen LogP contribution in [-0.2, 0) is 17.8 Å². The highest BCUT2D eigenvalue weighted by Gasteiger charge is 2.17. The fourth-order valence-electron chi connectivity index (χ4n) is 3.15. The summed E-state index contributed by atoms with van der Waals surface area (Å²) < 4.78 is 2.09. The van der Waals surface area contributed by atoms with E-state index in [1.807, 2.05) is 31.2 Å². The molecular formula is C22H27N5OS. The van der Waals surface area contributed by atoms with Crippen molar-refractivity contribution in [3.8, 4) is 11.4 Å². The van der Waals surface area contributed by atoms with E-state index in [4.69, 9.17) is 0 Å². The molecule has 3 rings (SSSR count). The maximum atomic E-state index is 12.6. The molecule has 3 aromatic rings. The highest BCUT2D eigenvalue weighted by Crippen LogP contribution is 2.26. The van der Waals surface area contributed by atoms with E-state index >= 15 is 0 Å². The number of benzene rings is 1. The summed E-state index contributed by atoms with van der Waals surface area (Å²) in [5.41, 5.74) is 4.11. The van der Waals surface area contributed by atoms with E-state index in [1.54, 1.807) is 12.4 Å². The predicted molar refractivity (Wildman–Crippen MR) is 118 cm³/mol. The van der Waals surface area contributed by atoms with E-state index in [0.29, 0.717) is 5.92 Å². The topological polar surface area (TPSA) is 72.7 Å². The van der Waals surface area contributed by atoms with Gasteiger partial charge in [0, 0.05) is 30.2 Å². The maximum Gasteiger partial charge on any atom is 0.234 e. The monoisotopic (exact) mass is 409 g/mol. The normalized spacial score (nSPS) is 11.1. The Balaban J connectivity index is 1.75. The zero-order valence-electron chi connectivity index (χ0n) is 17.3. The largest absolute Gasteiger partial charge is 0.325 e.